The fraction of sp³-hybridized carbons (Fsp3) is 0.552. The van der Waals surface area contributed by atoms with E-state index in [1.807, 2.05) is 78.9 Å². The van der Waals surface area contributed by atoms with Crippen molar-refractivity contribution < 1.29 is 19.5 Å². The summed E-state index contributed by atoms with van der Waals surface area (Å²) in [5.41, 5.74) is 0.983. The molecule has 0 aliphatic carbocycles. The normalized spacial score (nSPS) is 15.4. The number of hydrogen-bond acceptors (Lipinski definition) is 4. The molecular weight excluding hydrogens is 468 g/mol. The summed E-state index contributed by atoms with van der Waals surface area (Å²) >= 11 is 0. The highest BCUT2D eigenvalue weighted by molar-refractivity contribution is 5.93. The lowest BCUT2D eigenvalue weighted by atomic mass is 9.76. The second kappa shape index (κ2) is 11.5. The van der Waals surface area contributed by atoms with E-state index < -0.39 is 34.9 Å². The summed E-state index contributed by atoms with van der Waals surface area (Å²) in [6.45, 7) is 15.1. The molecule has 8 heteroatoms. The van der Waals surface area contributed by atoms with Gasteiger partial charge in [-0.05, 0) is 36.9 Å². The van der Waals surface area contributed by atoms with Crippen LogP contribution in [0.5, 0.6) is 0 Å². The van der Waals surface area contributed by atoms with E-state index in [1.165, 1.54) is 6.92 Å². The van der Waals surface area contributed by atoms with Crippen LogP contribution < -0.4 is 10.6 Å². The Bertz CT molecular complexity index is 1160. The first-order chi connectivity index (χ1) is 17.0. The van der Waals surface area contributed by atoms with Gasteiger partial charge in [-0.25, -0.2) is 4.79 Å². The average molecular weight is 513 g/mol. The molecule has 204 valence electrons. The van der Waals surface area contributed by atoms with Crippen molar-refractivity contribution in [3.8, 4) is 0 Å². The summed E-state index contributed by atoms with van der Waals surface area (Å²) < 4.78 is 0. The lowest BCUT2D eigenvalue weighted by Crippen LogP contribution is -2.61. The molecule has 2 rings (SSSR count). The molecule has 0 radical (unpaired) electrons. The number of rotatable bonds is 10. The number of aromatic amines is 1. The van der Waals surface area contributed by atoms with Crippen molar-refractivity contribution in [2.24, 2.45) is 11.3 Å². The largest absolute Gasteiger partial charge is 0.478 e. The van der Waals surface area contributed by atoms with Gasteiger partial charge in [0.15, 0.2) is 0 Å². The van der Waals surface area contributed by atoms with Crippen LogP contribution in [0.15, 0.2) is 42.1 Å². The first-order valence-electron chi connectivity index (χ1n) is 12.8. The molecule has 3 atom stereocenters. The van der Waals surface area contributed by atoms with E-state index in [9.17, 15) is 19.5 Å². The van der Waals surface area contributed by atoms with E-state index in [2.05, 4.69) is 15.6 Å². The van der Waals surface area contributed by atoms with Crippen molar-refractivity contribution in [2.45, 2.75) is 78.9 Å². The van der Waals surface area contributed by atoms with Crippen LogP contribution in [-0.2, 0) is 19.8 Å². The summed E-state index contributed by atoms with van der Waals surface area (Å²) in [6.07, 6.45) is 3.54. The second-order valence-electron chi connectivity index (χ2n) is 11.8. The Balaban J connectivity index is 2.40. The first kappa shape index (κ1) is 30.1. The quantitative estimate of drug-likeness (QED) is 0.358. The third kappa shape index (κ3) is 6.60. The van der Waals surface area contributed by atoms with Gasteiger partial charge in [0.05, 0.1) is 12.1 Å². The second-order valence-corrected chi connectivity index (χ2v) is 11.8. The Morgan fingerprint density at radius 2 is 1.65 bits per heavy atom. The third-order valence-electron chi connectivity index (χ3n) is 7.19. The molecule has 1 aromatic carbocycles. The van der Waals surface area contributed by atoms with Gasteiger partial charge in [-0.2, -0.15) is 0 Å². The third-order valence-corrected chi connectivity index (χ3v) is 7.19. The van der Waals surface area contributed by atoms with Crippen molar-refractivity contribution >= 4 is 28.7 Å². The molecular formula is C29H44N4O4. The molecule has 0 unspecified atom stereocenters. The molecule has 0 bridgehead atoms. The van der Waals surface area contributed by atoms with E-state index >= 15 is 0 Å². The molecule has 2 amide bonds. The standard InChI is InChI=1S/C29H44N4O4/c1-17(2)22(15-18(3)27(36)37)33(10)26(35)24(28(4,5)6)32-25(34)23(30-9)29(7,8)20-16-31-21-14-12-11-13-19(20)21/h11-17,22-24,30-31H,1-10H3,(H,32,34)(H,36,37)/b18-15+/t22-,23+,24+/m1/s1. The van der Waals surface area contributed by atoms with E-state index in [-0.39, 0.29) is 23.3 Å². The zero-order valence-electron chi connectivity index (χ0n) is 23.9. The van der Waals surface area contributed by atoms with Gasteiger partial charge in [0.2, 0.25) is 11.8 Å². The van der Waals surface area contributed by atoms with Gasteiger partial charge in [0.1, 0.15) is 6.04 Å². The van der Waals surface area contributed by atoms with Crippen LogP contribution in [0.1, 0.15) is 61.0 Å². The first-order valence-corrected chi connectivity index (χ1v) is 12.8. The number of hydrogen-bond donors (Lipinski definition) is 4. The molecule has 4 N–H and O–H groups in total. The van der Waals surface area contributed by atoms with Gasteiger partial charge in [-0.3, -0.25) is 9.59 Å². The minimum absolute atomic E-state index is 0.0227. The van der Waals surface area contributed by atoms with Gasteiger partial charge in [0.25, 0.3) is 0 Å². The fourth-order valence-electron chi connectivity index (χ4n) is 4.88. The Morgan fingerprint density at radius 1 is 1.05 bits per heavy atom. The highest BCUT2D eigenvalue weighted by Crippen LogP contribution is 2.34. The number of nitrogens with zero attached hydrogens (tertiary/aromatic N) is 1. The van der Waals surface area contributed by atoms with E-state index in [0.717, 1.165) is 16.5 Å². The predicted octanol–water partition coefficient (Wildman–Crippen LogP) is 4.08. The highest BCUT2D eigenvalue weighted by Gasteiger charge is 2.42. The van der Waals surface area contributed by atoms with E-state index in [4.69, 9.17) is 0 Å². The molecule has 0 spiro atoms. The number of carboxylic acids is 1. The topological polar surface area (TPSA) is 115 Å². The summed E-state index contributed by atoms with van der Waals surface area (Å²) in [7, 11) is 3.41. The van der Waals surface area contributed by atoms with Gasteiger partial charge < -0.3 is 25.6 Å². The number of amides is 2. The Kier molecular flexibility index (Phi) is 9.36. The minimum Gasteiger partial charge on any atom is -0.478 e. The summed E-state index contributed by atoms with van der Waals surface area (Å²) in [4.78, 5) is 43.8. The van der Waals surface area contributed by atoms with Gasteiger partial charge in [-0.1, -0.05) is 72.7 Å². The summed E-state index contributed by atoms with van der Waals surface area (Å²) in [5.74, 6) is -1.60. The van der Waals surface area contributed by atoms with E-state index in [1.54, 1.807) is 25.1 Å². The zero-order chi connectivity index (χ0) is 28.3. The number of carbonyl (C=O) groups is 3. The molecule has 0 fully saturated rings. The highest BCUT2D eigenvalue weighted by atomic mass is 16.4. The number of likely N-dealkylation sites (N-methyl/N-ethyl adjacent to an activating group) is 2. The van der Waals surface area contributed by atoms with Crippen LogP contribution in [0, 0.1) is 11.3 Å². The number of nitrogens with one attached hydrogen (secondary N) is 3. The summed E-state index contributed by atoms with van der Waals surface area (Å²) in [5, 5.41) is 16.6. The molecule has 0 aliphatic heterocycles. The molecule has 8 nitrogen and oxygen atoms in total. The molecule has 0 saturated heterocycles. The zero-order valence-corrected chi connectivity index (χ0v) is 23.9. The van der Waals surface area contributed by atoms with Crippen LogP contribution in [-0.4, -0.2) is 65.0 Å². The maximum atomic E-state index is 13.8. The molecule has 0 aliphatic rings. The Labute approximate surface area is 220 Å². The molecule has 1 heterocycles. The average Bonchev–Trinajstić information content (AvgIpc) is 3.24. The number of fused-ring (bicyclic) bond motifs is 1. The maximum absolute atomic E-state index is 13.8. The predicted molar refractivity (Wildman–Crippen MR) is 148 cm³/mol. The van der Waals surface area contributed by atoms with Crippen LogP contribution in [0.4, 0.5) is 0 Å². The van der Waals surface area contributed by atoms with Crippen LogP contribution >= 0.6 is 0 Å². The molecule has 37 heavy (non-hydrogen) atoms. The molecule has 0 saturated carbocycles. The van der Waals surface area contributed by atoms with Crippen molar-refractivity contribution in [1.82, 2.24) is 20.5 Å². The number of carboxylic acid groups (broad SMARTS) is 1. The number of carbonyl (C=O) groups excluding carboxylic acids is 2. The Hall–Kier alpha value is -3.13. The SMILES string of the molecule is CN[C@@H](C(=O)N[C@@H](C(=O)N(C)[C@H](/C=C(\C)C(=O)O)C(C)C)C(C)(C)C)C(C)(C)c1c[nH]c2ccccc12. The molecule has 1 aromatic heterocycles. The van der Waals surface area contributed by atoms with Crippen LogP contribution in [0.25, 0.3) is 10.9 Å². The minimum atomic E-state index is -1.02. The molecule has 2 aromatic rings. The fourth-order valence-corrected chi connectivity index (χ4v) is 4.88. The van der Waals surface area contributed by atoms with Crippen molar-refractivity contribution in [2.75, 3.05) is 14.1 Å². The van der Waals surface area contributed by atoms with Crippen LogP contribution in [0.2, 0.25) is 0 Å². The summed E-state index contributed by atoms with van der Waals surface area (Å²) in [6, 6.07) is 6.09. The smallest absolute Gasteiger partial charge is 0.331 e. The van der Waals surface area contributed by atoms with Gasteiger partial charge in [0, 0.05) is 35.1 Å². The van der Waals surface area contributed by atoms with Crippen molar-refractivity contribution in [1.29, 1.82) is 0 Å². The number of H-pyrrole nitrogens is 1. The maximum Gasteiger partial charge on any atom is 0.331 e. The number of aliphatic carboxylic acids is 1. The lowest BCUT2D eigenvalue weighted by molar-refractivity contribution is -0.141. The monoisotopic (exact) mass is 512 g/mol. The van der Waals surface area contributed by atoms with E-state index in [0.29, 0.717) is 0 Å². The van der Waals surface area contributed by atoms with Crippen LogP contribution in [0.3, 0.4) is 0 Å². The van der Waals surface area contributed by atoms with Gasteiger partial charge >= 0.3 is 5.97 Å². The Morgan fingerprint density at radius 3 is 2.16 bits per heavy atom. The lowest BCUT2D eigenvalue weighted by Gasteiger charge is -2.39. The van der Waals surface area contributed by atoms with Gasteiger partial charge in [-0.15, -0.1) is 0 Å². The van der Waals surface area contributed by atoms with Crippen molar-refractivity contribution in [3.63, 3.8) is 0 Å². The number of aromatic nitrogens is 1. The number of para-hydroxylation sites is 1. The van der Waals surface area contributed by atoms with Crippen molar-refractivity contribution in [3.05, 3.63) is 47.7 Å². The number of benzene rings is 1.